The molecule has 1 aromatic rings. The Kier molecular flexibility index (Phi) is 5.27. The number of carboxylic acids is 1. The second-order valence-corrected chi connectivity index (χ2v) is 6.73. The summed E-state index contributed by atoms with van der Waals surface area (Å²) in [6.07, 6.45) is 3.37. The second-order valence-electron chi connectivity index (χ2n) is 4.51. The lowest BCUT2D eigenvalue weighted by Gasteiger charge is -2.26. The van der Waals surface area contributed by atoms with E-state index in [-0.39, 0.29) is 5.91 Å². The number of nitrogens with zero attached hydrogens (tertiary/aromatic N) is 1. The molecule has 0 bridgehead atoms. The maximum atomic E-state index is 12.2. The summed E-state index contributed by atoms with van der Waals surface area (Å²) in [6, 6.07) is 3.28. The highest BCUT2D eigenvalue weighted by molar-refractivity contribution is 8.01. The predicted octanol–water partition coefficient (Wildman–Crippen LogP) is 2.70. The SMILES string of the molecule is O=C(O)C1CCCCCN1C(=O)CSc1cccs1. The molecule has 0 radical (unpaired) electrons. The molecule has 104 valence electrons. The highest BCUT2D eigenvalue weighted by Crippen LogP contribution is 2.25. The molecular weight excluding hydrogens is 282 g/mol. The van der Waals surface area contributed by atoms with Crippen molar-refractivity contribution in [3.05, 3.63) is 17.5 Å². The van der Waals surface area contributed by atoms with E-state index in [0.29, 0.717) is 18.7 Å². The fourth-order valence-electron chi connectivity index (χ4n) is 2.22. The molecule has 1 atom stereocenters. The van der Waals surface area contributed by atoms with Gasteiger partial charge in [0.25, 0.3) is 0 Å². The van der Waals surface area contributed by atoms with Crippen LogP contribution in [0.1, 0.15) is 25.7 Å². The van der Waals surface area contributed by atoms with E-state index in [1.807, 2.05) is 17.5 Å². The Morgan fingerprint density at radius 1 is 1.42 bits per heavy atom. The first-order valence-corrected chi connectivity index (χ1v) is 8.23. The van der Waals surface area contributed by atoms with Gasteiger partial charge in [-0.15, -0.1) is 23.1 Å². The van der Waals surface area contributed by atoms with Crippen LogP contribution in [0.3, 0.4) is 0 Å². The zero-order chi connectivity index (χ0) is 13.7. The highest BCUT2D eigenvalue weighted by atomic mass is 32.2. The van der Waals surface area contributed by atoms with Crippen molar-refractivity contribution in [1.29, 1.82) is 0 Å². The molecule has 4 nitrogen and oxygen atoms in total. The van der Waals surface area contributed by atoms with Crippen LogP contribution >= 0.6 is 23.1 Å². The molecule has 1 saturated heterocycles. The summed E-state index contributed by atoms with van der Waals surface area (Å²) < 4.78 is 1.09. The zero-order valence-corrected chi connectivity index (χ0v) is 12.2. The topological polar surface area (TPSA) is 57.6 Å². The van der Waals surface area contributed by atoms with Crippen molar-refractivity contribution < 1.29 is 14.7 Å². The lowest BCUT2D eigenvalue weighted by atomic mass is 10.1. The molecule has 19 heavy (non-hydrogen) atoms. The van der Waals surface area contributed by atoms with Gasteiger partial charge in [0.1, 0.15) is 6.04 Å². The Morgan fingerprint density at radius 2 is 2.26 bits per heavy atom. The van der Waals surface area contributed by atoms with E-state index in [1.165, 1.54) is 11.8 Å². The molecule has 1 fully saturated rings. The average molecular weight is 299 g/mol. The Hall–Kier alpha value is -1.01. The van der Waals surface area contributed by atoms with Gasteiger partial charge in [0.2, 0.25) is 5.91 Å². The van der Waals surface area contributed by atoms with Crippen LogP contribution in [-0.2, 0) is 9.59 Å². The minimum absolute atomic E-state index is 0.0623. The minimum atomic E-state index is -0.878. The van der Waals surface area contributed by atoms with Crippen LogP contribution in [0.15, 0.2) is 21.7 Å². The standard InChI is InChI=1S/C13H17NO3S2/c15-11(9-19-12-6-4-8-18-12)14-7-3-1-2-5-10(14)13(16)17/h4,6,8,10H,1-3,5,7,9H2,(H,16,17). The van der Waals surface area contributed by atoms with Crippen LogP contribution in [-0.4, -0.2) is 40.2 Å². The van der Waals surface area contributed by atoms with Crippen molar-refractivity contribution in [1.82, 2.24) is 4.90 Å². The van der Waals surface area contributed by atoms with E-state index in [0.717, 1.165) is 23.5 Å². The van der Waals surface area contributed by atoms with Gasteiger partial charge in [-0.1, -0.05) is 18.9 Å². The van der Waals surface area contributed by atoms with E-state index in [9.17, 15) is 14.7 Å². The van der Waals surface area contributed by atoms with Gasteiger partial charge in [0, 0.05) is 6.54 Å². The number of amides is 1. The lowest BCUT2D eigenvalue weighted by molar-refractivity contribution is -0.149. The number of likely N-dealkylation sites (tertiary alicyclic amines) is 1. The average Bonchev–Trinajstić information content (AvgIpc) is 2.77. The summed E-state index contributed by atoms with van der Waals surface area (Å²) >= 11 is 3.08. The van der Waals surface area contributed by atoms with Gasteiger partial charge in [-0.3, -0.25) is 4.79 Å². The Balaban J connectivity index is 1.96. The number of carboxylic acid groups (broad SMARTS) is 1. The third-order valence-electron chi connectivity index (χ3n) is 3.19. The number of hydrogen-bond donors (Lipinski definition) is 1. The quantitative estimate of drug-likeness (QED) is 0.869. The number of aliphatic carboxylic acids is 1. The molecule has 0 aliphatic carbocycles. The third-order valence-corrected chi connectivity index (χ3v) is 5.31. The van der Waals surface area contributed by atoms with Crippen LogP contribution in [0.4, 0.5) is 0 Å². The number of carbonyl (C=O) groups is 2. The van der Waals surface area contributed by atoms with Crippen LogP contribution < -0.4 is 0 Å². The van der Waals surface area contributed by atoms with Crippen molar-refractivity contribution in [2.75, 3.05) is 12.3 Å². The second kappa shape index (κ2) is 6.96. The summed E-state index contributed by atoms with van der Waals surface area (Å²) in [6.45, 7) is 0.570. The molecule has 1 aliphatic rings. The molecular formula is C13H17NO3S2. The molecule has 1 amide bonds. The molecule has 0 spiro atoms. The van der Waals surface area contributed by atoms with E-state index < -0.39 is 12.0 Å². The lowest BCUT2D eigenvalue weighted by Crippen LogP contribution is -2.45. The fraction of sp³-hybridized carbons (Fsp3) is 0.538. The first-order chi connectivity index (χ1) is 9.18. The van der Waals surface area contributed by atoms with Crippen molar-refractivity contribution in [2.24, 2.45) is 0 Å². The van der Waals surface area contributed by atoms with Gasteiger partial charge >= 0.3 is 5.97 Å². The van der Waals surface area contributed by atoms with E-state index in [2.05, 4.69) is 0 Å². The predicted molar refractivity (Wildman–Crippen MR) is 76.6 cm³/mol. The molecule has 6 heteroatoms. The van der Waals surface area contributed by atoms with Crippen LogP contribution in [0.5, 0.6) is 0 Å². The summed E-state index contributed by atoms with van der Waals surface area (Å²) in [7, 11) is 0. The van der Waals surface area contributed by atoms with Crippen LogP contribution in [0, 0.1) is 0 Å². The van der Waals surface area contributed by atoms with Crippen molar-refractivity contribution in [3.63, 3.8) is 0 Å². The normalized spacial score (nSPS) is 20.0. The molecule has 1 unspecified atom stereocenters. The Morgan fingerprint density at radius 3 is 2.95 bits per heavy atom. The van der Waals surface area contributed by atoms with E-state index in [1.54, 1.807) is 16.2 Å². The summed E-state index contributed by atoms with van der Waals surface area (Å²) in [5.74, 6) is -0.617. The zero-order valence-electron chi connectivity index (χ0n) is 10.6. The van der Waals surface area contributed by atoms with Crippen molar-refractivity contribution >= 4 is 35.0 Å². The monoisotopic (exact) mass is 299 g/mol. The Labute approximate surface area is 120 Å². The molecule has 0 saturated carbocycles. The van der Waals surface area contributed by atoms with Crippen LogP contribution in [0.2, 0.25) is 0 Å². The number of thiophene rings is 1. The van der Waals surface area contributed by atoms with Gasteiger partial charge in [-0.05, 0) is 24.3 Å². The van der Waals surface area contributed by atoms with E-state index >= 15 is 0 Å². The smallest absolute Gasteiger partial charge is 0.326 e. The van der Waals surface area contributed by atoms with Crippen molar-refractivity contribution in [3.8, 4) is 0 Å². The third kappa shape index (κ3) is 3.98. The van der Waals surface area contributed by atoms with Crippen molar-refractivity contribution in [2.45, 2.75) is 35.9 Å². The number of hydrogen-bond acceptors (Lipinski definition) is 4. The number of thioether (sulfide) groups is 1. The van der Waals surface area contributed by atoms with E-state index in [4.69, 9.17) is 0 Å². The maximum absolute atomic E-state index is 12.2. The van der Waals surface area contributed by atoms with Gasteiger partial charge in [-0.25, -0.2) is 4.79 Å². The highest BCUT2D eigenvalue weighted by Gasteiger charge is 2.30. The molecule has 2 rings (SSSR count). The summed E-state index contributed by atoms with van der Waals surface area (Å²) in [5, 5.41) is 11.2. The first kappa shape index (κ1) is 14.4. The first-order valence-electron chi connectivity index (χ1n) is 6.37. The van der Waals surface area contributed by atoms with Crippen LogP contribution in [0.25, 0.3) is 0 Å². The van der Waals surface area contributed by atoms with Gasteiger partial charge in [0.15, 0.2) is 0 Å². The van der Waals surface area contributed by atoms with Gasteiger partial charge < -0.3 is 10.0 Å². The maximum Gasteiger partial charge on any atom is 0.326 e. The van der Waals surface area contributed by atoms with Gasteiger partial charge in [-0.2, -0.15) is 0 Å². The molecule has 1 aliphatic heterocycles. The minimum Gasteiger partial charge on any atom is -0.480 e. The number of carbonyl (C=O) groups excluding carboxylic acids is 1. The largest absolute Gasteiger partial charge is 0.480 e. The molecule has 1 N–H and O–H groups in total. The fourth-order valence-corrected chi connectivity index (χ4v) is 3.90. The number of rotatable bonds is 4. The Bertz CT molecular complexity index is 433. The van der Waals surface area contributed by atoms with Gasteiger partial charge in [0.05, 0.1) is 9.96 Å². The molecule has 0 aromatic carbocycles. The summed E-state index contributed by atoms with van der Waals surface area (Å²) in [4.78, 5) is 25.0. The summed E-state index contributed by atoms with van der Waals surface area (Å²) in [5.41, 5.74) is 0. The molecule has 2 heterocycles. The molecule has 1 aromatic heterocycles.